The molecule has 0 aromatic heterocycles. The van der Waals surface area contributed by atoms with Crippen LogP contribution in [-0.4, -0.2) is 0 Å². The van der Waals surface area contributed by atoms with Gasteiger partial charge in [-0.15, -0.1) is 0 Å². The van der Waals surface area contributed by atoms with Gasteiger partial charge in [0.25, 0.3) is 0 Å². The van der Waals surface area contributed by atoms with Crippen LogP contribution in [-0.2, 0) is 17.6 Å². The standard InChI is InChI=1S/C16H16F3NO/c1-12(20-21-11-13-5-3-2-4-6-13)14-7-9-15(10-8-14)16(17,18)19/h2-10,12,20H,11H2,1H3. The molecular weight excluding hydrogens is 279 g/mol. The zero-order valence-corrected chi connectivity index (χ0v) is 11.5. The Morgan fingerprint density at radius 3 is 2.19 bits per heavy atom. The Balaban J connectivity index is 1.87. The fourth-order valence-electron chi connectivity index (χ4n) is 1.85. The second-order valence-electron chi connectivity index (χ2n) is 4.73. The molecule has 0 radical (unpaired) electrons. The molecule has 1 atom stereocenters. The number of alkyl halides is 3. The molecule has 0 bridgehead atoms. The third-order valence-electron chi connectivity index (χ3n) is 3.08. The summed E-state index contributed by atoms with van der Waals surface area (Å²) < 4.78 is 37.4. The molecule has 0 heterocycles. The SMILES string of the molecule is CC(NOCc1ccccc1)c1ccc(C(F)(F)F)cc1. The summed E-state index contributed by atoms with van der Waals surface area (Å²) in [6.45, 7) is 2.22. The molecule has 5 heteroatoms. The molecule has 0 fully saturated rings. The van der Waals surface area contributed by atoms with E-state index < -0.39 is 11.7 Å². The van der Waals surface area contributed by atoms with Gasteiger partial charge in [0.15, 0.2) is 0 Å². The molecule has 112 valence electrons. The average molecular weight is 295 g/mol. The summed E-state index contributed by atoms with van der Waals surface area (Å²) in [6, 6.07) is 14.5. The van der Waals surface area contributed by atoms with E-state index in [1.165, 1.54) is 12.1 Å². The van der Waals surface area contributed by atoms with Crippen LogP contribution in [0.1, 0.15) is 29.7 Å². The summed E-state index contributed by atoms with van der Waals surface area (Å²) >= 11 is 0. The fraction of sp³-hybridized carbons (Fsp3) is 0.250. The van der Waals surface area contributed by atoms with Gasteiger partial charge in [-0.1, -0.05) is 42.5 Å². The molecule has 0 aliphatic rings. The first-order chi connectivity index (χ1) is 9.97. The summed E-state index contributed by atoms with van der Waals surface area (Å²) in [6.07, 6.45) is -4.31. The molecule has 2 aromatic rings. The van der Waals surface area contributed by atoms with Crippen molar-refractivity contribution in [3.8, 4) is 0 Å². The van der Waals surface area contributed by atoms with Crippen molar-refractivity contribution >= 4 is 0 Å². The second-order valence-corrected chi connectivity index (χ2v) is 4.73. The lowest BCUT2D eigenvalue weighted by Crippen LogP contribution is -2.19. The first-order valence-electron chi connectivity index (χ1n) is 6.55. The van der Waals surface area contributed by atoms with E-state index in [1.807, 2.05) is 37.3 Å². The van der Waals surface area contributed by atoms with Crippen molar-refractivity contribution in [1.29, 1.82) is 0 Å². The molecule has 1 N–H and O–H groups in total. The van der Waals surface area contributed by atoms with E-state index >= 15 is 0 Å². The van der Waals surface area contributed by atoms with Gasteiger partial charge in [-0.25, -0.2) is 0 Å². The highest BCUT2D eigenvalue weighted by Gasteiger charge is 2.30. The quantitative estimate of drug-likeness (QED) is 0.821. The van der Waals surface area contributed by atoms with Crippen molar-refractivity contribution in [2.45, 2.75) is 25.7 Å². The van der Waals surface area contributed by atoms with Gasteiger partial charge in [-0.05, 0) is 30.2 Å². The highest BCUT2D eigenvalue weighted by atomic mass is 19.4. The van der Waals surface area contributed by atoms with Gasteiger partial charge < -0.3 is 0 Å². The fourth-order valence-corrected chi connectivity index (χ4v) is 1.85. The van der Waals surface area contributed by atoms with E-state index in [0.29, 0.717) is 6.61 Å². The molecule has 2 nitrogen and oxygen atoms in total. The lowest BCUT2D eigenvalue weighted by Gasteiger charge is -2.15. The minimum Gasteiger partial charge on any atom is -0.296 e. The maximum atomic E-state index is 12.5. The third-order valence-corrected chi connectivity index (χ3v) is 3.08. The Hall–Kier alpha value is -1.85. The summed E-state index contributed by atoms with van der Waals surface area (Å²) in [5, 5.41) is 0. The van der Waals surface area contributed by atoms with Crippen LogP contribution in [0.15, 0.2) is 54.6 Å². The smallest absolute Gasteiger partial charge is 0.296 e. The van der Waals surface area contributed by atoms with Crippen LogP contribution in [0.5, 0.6) is 0 Å². The normalized spacial score (nSPS) is 13.1. The van der Waals surface area contributed by atoms with Gasteiger partial charge in [0.2, 0.25) is 0 Å². The summed E-state index contributed by atoms with van der Waals surface area (Å²) in [7, 11) is 0. The number of benzene rings is 2. The Labute approximate surface area is 121 Å². The number of nitrogens with one attached hydrogen (secondary N) is 1. The van der Waals surface area contributed by atoms with Crippen molar-refractivity contribution in [2.24, 2.45) is 0 Å². The first kappa shape index (κ1) is 15.5. The molecule has 0 aliphatic carbocycles. The lowest BCUT2D eigenvalue weighted by molar-refractivity contribution is -0.137. The Morgan fingerprint density at radius 2 is 1.62 bits per heavy atom. The molecule has 0 aliphatic heterocycles. The molecule has 0 saturated heterocycles. The van der Waals surface area contributed by atoms with E-state index in [4.69, 9.17) is 4.84 Å². The van der Waals surface area contributed by atoms with E-state index in [-0.39, 0.29) is 6.04 Å². The Kier molecular flexibility index (Phi) is 4.98. The molecule has 0 saturated carbocycles. The maximum Gasteiger partial charge on any atom is 0.416 e. The highest BCUT2D eigenvalue weighted by Crippen LogP contribution is 2.29. The molecule has 21 heavy (non-hydrogen) atoms. The molecule has 0 spiro atoms. The second kappa shape index (κ2) is 6.74. The van der Waals surface area contributed by atoms with Crippen molar-refractivity contribution in [2.75, 3.05) is 0 Å². The zero-order chi connectivity index (χ0) is 15.3. The van der Waals surface area contributed by atoms with Crippen LogP contribution in [0.25, 0.3) is 0 Å². The number of hydrogen-bond acceptors (Lipinski definition) is 2. The topological polar surface area (TPSA) is 21.3 Å². The van der Waals surface area contributed by atoms with Crippen molar-refractivity contribution in [3.63, 3.8) is 0 Å². The van der Waals surface area contributed by atoms with Crippen molar-refractivity contribution < 1.29 is 18.0 Å². The molecule has 0 amide bonds. The summed E-state index contributed by atoms with van der Waals surface area (Å²) in [4.78, 5) is 5.36. The molecule has 2 rings (SSSR count). The first-order valence-corrected chi connectivity index (χ1v) is 6.55. The van der Waals surface area contributed by atoms with E-state index in [1.54, 1.807) is 0 Å². The van der Waals surface area contributed by atoms with Crippen LogP contribution in [0.3, 0.4) is 0 Å². The van der Waals surface area contributed by atoms with Gasteiger partial charge in [0.05, 0.1) is 18.2 Å². The summed E-state index contributed by atoms with van der Waals surface area (Å²) in [5.41, 5.74) is 3.93. The van der Waals surface area contributed by atoms with Gasteiger partial charge >= 0.3 is 6.18 Å². The molecular formula is C16H16F3NO. The molecule has 2 aromatic carbocycles. The number of hydrogen-bond donors (Lipinski definition) is 1. The Morgan fingerprint density at radius 1 is 1.00 bits per heavy atom. The van der Waals surface area contributed by atoms with E-state index in [9.17, 15) is 13.2 Å². The van der Waals surface area contributed by atoms with Crippen LogP contribution in [0, 0.1) is 0 Å². The Bertz CT molecular complexity index is 552. The van der Waals surface area contributed by atoms with Gasteiger partial charge in [-0.2, -0.15) is 18.7 Å². The minimum absolute atomic E-state index is 0.198. The van der Waals surface area contributed by atoms with Crippen LogP contribution < -0.4 is 5.48 Å². The van der Waals surface area contributed by atoms with Crippen LogP contribution >= 0.6 is 0 Å². The average Bonchev–Trinajstić information content (AvgIpc) is 2.47. The number of rotatable bonds is 5. The zero-order valence-electron chi connectivity index (χ0n) is 11.5. The highest BCUT2D eigenvalue weighted by molar-refractivity contribution is 5.26. The van der Waals surface area contributed by atoms with Gasteiger partial charge in [0, 0.05) is 0 Å². The predicted molar refractivity (Wildman–Crippen MR) is 74.2 cm³/mol. The largest absolute Gasteiger partial charge is 0.416 e. The monoisotopic (exact) mass is 295 g/mol. The number of halogens is 3. The lowest BCUT2D eigenvalue weighted by atomic mass is 10.1. The predicted octanol–water partition coefficient (Wildman–Crippen LogP) is 4.49. The van der Waals surface area contributed by atoms with E-state index in [2.05, 4.69) is 5.48 Å². The van der Waals surface area contributed by atoms with E-state index in [0.717, 1.165) is 23.3 Å². The molecule has 1 unspecified atom stereocenters. The van der Waals surface area contributed by atoms with Gasteiger partial charge in [0.1, 0.15) is 0 Å². The van der Waals surface area contributed by atoms with Gasteiger partial charge in [-0.3, -0.25) is 4.84 Å². The third kappa shape index (κ3) is 4.58. The maximum absolute atomic E-state index is 12.5. The minimum atomic E-state index is -4.31. The summed E-state index contributed by atoms with van der Waals surface area (Å²) in [5.74, 6) is 0. The number of hydroxylamine groups is 1. The van der Waals surface area contributed by atoms with Crippen LogP contribution in [0.2, 0.25) is 0 Å². The van der Waals surface area contributed by atoms with Crippen LogP contribution in [0.4, 0.5) is 13.2 Å². The van der Waals surface area contributed by atoms with Crippen molar-refractivity contribution in [3.05, 3.63) is 71.3 Å². The van der Waals surface area contributed by atoms with Crippen molar-refractivity contribution in [1.82, 2.24) is 5.48 Å².